The average molecular weight is 242 g/mol. The predicted molar refractivity (Wildman–Crippen MR) is 75.7 cm³/mol. The molecule has 0 aliphatic heterocycles. The van der Waals surface area contributed by atoms with Crippen molar-refractivity contribution in [3.05, 3.63) is 47.2 Å². The second-order valence-electron chi connectivity index (χ2n) is 4.36. The second kappa shape index (κ2) is 5.08. The van der Waals surface area contributed by atoms with Gasteiger partial charge in [0.15, 0.2) is 0 Å². The molecule has 0 radical (unpaired) electrons. The van der Waals surface area contributed by atoms with Gasteiger partial charge in [0, 0.05) is 5.39 Å². The summed E-state index contributed by atoms with van der Waals surface area (Å²) in [5.41, 5.74) is 8.93. The molecule has 3 nitrogen and oxygen atoms in total. The summed E-state index contributed by atoms with van der Waals surface area (Å²) in [5, 5.41) is 1.12. The second-order valence-corrected chi connectivity index (χ2v) is 4.36. The number of hydrogen-bond acceptors (Lipinski definition) is 2. The van der Waals surface area contributed by atoms with Gasteiger partial charge in [-0.1, -0.05) is 18.2 Å². The van der Waals surface area contributed by atoms with Gasteiger partial charge in [0.25, 0.3) is 0 Å². The van der Waals surface area contributed by atoms with Crippen LogP contribution in [0.4, 0.5) is 0 Å². The van der Waals surface area contributed by atoms with E-state index < -0.39 is 0 Å². The highest BCUT2D eigenvalue weighted by Crippen LogP contribution is 2.23. The Hall–Kier alpha value is -2.03. The zero-order chi connectivity index (χ0) is 13.1. The SMILES string of the molecule is C/C=C(C)/C(N)=N/Cc1cccc2oc(C)cc12. The molecule has 0 aliphatic carbocycles. The number of nitrogens with two attached hydrogens (primary N) is 1. The lowest BCUT2D eigenvalue weighted by Gasteiger charge is -2.02. The lowest BCUT2D eigenvalue weighted by Crippen LogP contribution is -2.13. The summed E-state index contributed by atoms with van der Waals surface area (Å²) in [4.78, 5) is 4.41. The summed E-state index contributed by atoms with van der Waals surface area (Å²) >= 11 is 0. The van der Waals surface area contributed by atoms with E-state index in [0.717, 1.165) is 27.9 Å². The molecule has 0 saturated heterocycles. The summed E-state index contributed by atoms with van der Waals surface area (Å²) in [6.45, 7) is 6.44. The van der Waals surface area contributed by atoms with E-state index in [1.165, 1.54) is 0 Å². The van der Waals surface area contributed by atoms with Gasteiger partial charge in [0.1, 0.15) is 17.2 Å². The first kappa shape index (κ1) is 12.4. The molecule has 0 saturated carbocycles. The highest BCUT2D eigenvalue weighted by molar-refractivity contribution is 5.96. The van der Waals surface area contributed by atoms with E-state index >= 15 is 0 Å². The molecule has 2 rings (SSSR count). The Morgan fingerprint density at radius 2 is 2.22 bits per heavy atom. The molecule has 0 spiro atoms. The molecule has 0 atom stereocenters. The van der Waals surface area contributed by atoms with Gasteiger partial charge in [0.2, 0.25) is 0 Å². The van der Waals surface area contributed by atoms with Crippen molar-refractivity contribution in [2.75, 3.05) is 0 Å². The summed E-state index contributed by atoms with van der Waals surface area (Å²) in [7, 11) is 0. The molecule has 18 heavy (non-hydrogen) atoms. The number of hydrogen-bond donors (Lipinski definition) is 1. The number of aliphatic imine (C=N–C) groups is 1. The normalized spacial score (nSPS) is 13.3. The Bertz CT molecular complexity index is 620. The number of fused-ring (bicyclic) bond motifs is 1. The Morgan fingerprint density at radius 1 is 1.44 bits per heavy atom. The van der Waals surface area contributed by atoms with Gasteiger partial charge >= 0.3 is 0 Å². The molecule has 0 fully saturated rings. The van der Waals surface area contributed by atoms with Crippen molar-refractivity contribution < 1.29 is 4.42 Å². The van der Waals surface area contributed by atoms with E-state index in [9.17, 15) is 0 Å². The summed E-state index contributed by atoms with van der Waals surface area (Å²) in [6.07, 6.45) is 1.96. The van der Waals surface area contributed by atoms with Crippen molar-refractivity contribution in [3.8, 4) is 0 Å². The third-order valence-electron chi connectivity index (χ3n) is 3.03. The topological polar surface area (TPSA) is 51.5 Å². The molecule has 2 N–H and O–H groups in total. The first-order chi connectivity index (χ1) is 8.61. The monoisotopic (exact) mass is 242 g/mol. The van der Waals surface area contributed by atoms with Crippen LogP contribution in [0.15, 0.2) is 45.3 Å². The zero-order valence-corrected chi connectivity index (χ0v) is 11.0. The van der Waals surface area contributed by atoms with Crippen molar-refractivity contribution >= 4 is 16.8 Å². The first-order valence-corrected chi connectivity index (χ1v) is 6.03. The number of furan rings is 1. The third-order valence-corrected chi connectivity index (χ3v) is 3.03. The van der Waals surface area contributed by atoms with Crippen LogP contribution in [0.5, 0.6) is 0 Å². The predicted octanol–water partition coefficient (Wildman–Crippen LogP) is 3.56. The molecule has 3 heteroatoms. The van der Waals surface area contributed by atoms with Gasteiger partial charge in [0.05, 0.1) is 6.54 Å². The number of rotatable bonds is 3. The maximum Gasteiger partial charge on any atom is 0.134 e. The maximum absolute atomic E-state index is 5.88. The summed E-state index contributed by atoms with van der Waals surface area (Å²) in [5.74, 6) is 1.51. The number of nitrogens with zero attached hydrogens (tertiary/aromatic N) is 1. The molecule has 0 amide bonds. The molecular formula is C15H18N2O. The first-order valence-electron chi connectivity index (χ1n) is 6.03. The van der Waals surface area contributed by atoms with Gasteiger partial charge < -0.3 is 10.2 Å². The summed E-state index contributed by atoms with van der Waals surface area (Å²) in [6, 6.07) is 8.04. The van der Waals surface area contributed by atoms with Gasteiger partial charge in [-0.3, -0.25) is 4.99 Å². The average Bonchev–Trinajstić information content (AvgIpc) is 2.75. The molecule has 1 heterocycles. The van der Waals surface area contributed by atoms with Gasteiger partial charge in [-0.05, 0) is 44.0 Å². The lowest BCUT2D eigenvalue weighted by atomic mass is 10.1. The van der Waals surface area contributed by atoms with Crippen LogP contribution in [0.25, 0.3) is 11.0 Å². The van der Waals surface area contributed by atoms with E-state index in [4.69, 9.17) is 10.2 Å². The molecule has 1 aromatic carbocycles. The maximum atomic E-state index is 5.88. The zero-order valence-electron chi connectivity index (χ0n) is 11.0. The molecular weight excluding hydrogens is 224 g/mol. The largest absolute Gasteiger partial charge is 0.461 e. The minimum atomic E-state index is 0.577. The van der Waals surface area contributed by atoms with Crippen LogP contribution in [0.1, 0.15) is 25.2 Å². The quantitative estimate of drug-likeness (QED) is 0.660. The molecule has 94 valence electrons. The minimum Gasteiger partial charge on any atom is -0.461 e. The van der Waals surface area contributed by atoms with Gasteiger partial charge in [-0.15, -0.1) is 0 Å². The van der Waals surface area contributed by atoms with E-state index in [0.29, 0.717) is 12.4 Å². The molecule has 2 aromatic rings. The van der Waals surface area contributed by atoms with Crippen molar-refractivity contribution in [1.29, 1.82) is 0 Å². The van der Waals surface area contributed by atoms with E-state index in [2.05, 4.69) is 11.1 Å². The van der Waals surface area contributed by atoms with E-state index in [1.807, 2.05) is 45.0 Å². The van der Waals surface area contributed by atoms with E-state index in [-0.39, 0.29) is 0 Å². The molecule has 0 bridgehead atoms. The molecule has 1 aromatic heterocycles. The molecule has 0 unspecified atom stereocenters. The van der Waals surface area contributed by atoms with Crippen LogP contribution in [0.3, 0.4) is 0 Å². The highest BCUT2D eigenvalue weighted by atomic mass is 16.3. The Morgan fingerprint density at radius 3 is 2.94 bits per heavy atom. The van der Waals surface area contributed by atoms with E-state index in [1.54, 1.807) is 0 Å². The van der Waals surface area contributed by atoms with Crippen molar-refractivity contribution in [2.45, 2.75) is 27.3 Å². The lowest BCUT2D eigenvalue weighted by molar-refractivity contribution is 0.578. The number of amidine groups is 1. The highest BCUT2D eigenvalue weighted by Gasteiger charge is 2.05. The Labute approximate surface area is 107 Å². The van der Waals surface area contributed by atoms with Crippen LogP contribution >= 0.6 is 0 Å². The van der Waals surface area contributed by atoms with Gasteiger partial charge in [-0.25, -0.2) is 0 Å². The smallest absolute Gasteiger partial charge is 0.134 e. The minimum absolute atomic E-state index is 0.577. The fourth-order valence-corrected chi connectivity index (χ4v) is 1.83. The number of aryl methyl sites for hydroxylation is 1. The van der Waals surface area contributed by atoms with Crippen LogP contribution in [-0.4, -0.2) is 5.84 Å². The summed E-state index contributed by atoms with van der Waals surface area (Å²) < 4.78 is 5.59. The van der Waals surface area contributed by atoms with Crippen LogP contribution < -0.4 is 5.73 Å². The Balaban J connectivity index is 2.32. The van der Waals surface area contributed by atoms with Gasteiger partial charge in [-0.2, -0.15) is 0 Å². The van der Waals surface area contributed by atoms with Crippen molar-refractivity contribution in [1.82, 2.24) is 0 Å². The number of allylic oxidation sites excluding steroid dienone is 1. The molecule has 0 aliphatic rings. The fraction of sp³-hybridized carbons (Fsp3) is 0.267. The van der Waals surface area contributed by atoms with Crippen LogP contribution in [0.2, 0.25) is 0 Å². The standard InChI is InChI=1S/C15H18N2O/c1-4-10(2)15(16)17-9-12-6-5-7-14-13(12)8-11(3)18-14/h4-8H,9H2,1-3H3,(H2,16,17)/b10-4+. The third kappa shape index (κ3) is 2.45. The van der Waals surface area contributed by atoms with Crippen molar-refractivity contribution in [3.63, 3.8) is 0 Å². The number of benzene rings is 1. The van der Waals surface area contributed by atoms with Crippen molar-refractivity contribution in [2.24, 2.45) is 10.7 Å². The van der Waals surface area contributed by atoms with Crippen LogP contribution in [-0.2, 0) is 6.54 Å². The van der Waals surface area contributed by atoms with Crippen LogP contribution in [0, 0.1) is 6.92 Å². The fourth-order valence-electron chi connectivity index (χ4n) is 1.83. The Kier molecular flexibility index (Phi) is 3.51.